The summed E-state index contributed by atoms with van der Waals surface area (Å²) < 4.78 is 37.3. The van der Waals surface area contributed by atoms with Gasteiger partial charge in [-0.05, 0) is 32.0 Å². The van der Waals surface area contributed by atoms with E-state index >= 15 is 0 Å². The van der Waals surface area contributed by atoms with Crippen LogP contribution in [0.25, 0.3) is 11.0 Å². The Morgan fingerprint density at radius 2 is 1.75 bits per heavy atom. The van der Waals surface area contributed by atoms with Gasteiger partial charge in [0.2, 0.25) is 11.8 Å². The summed E-state index contributed by atoms with van der Waals surface area (Å²) in [5.74, 6) is -2.39. The average Bonchev–Trinajstić information content (AvgIpc) is 2.96. The van der Waals surface area contributed by atoms with Gasteiger partial charge in [0.15, 0.2) is 0 Å². The number of fused-ring (bicyclic) bond motifs is 1. The molecule has 0 atom stereocenters. The number of halogens is 3. The number of alkyl halides is 3. The Bertz CT molecular complexity index is 934. The second kappa shape index (κ2) is 5.55. The van der Waals surface area contributed by atoms with Crippen molar-refractivity contribution in [2.24, 2.45) is 0 Å². The standard InChI is InChI=1S/C14H11F3N6O/c1-6-7(2)19-10-5-8(3-4-9(10)18-6)11(24)20-13-21-12(22-23-13)14(15,16)17/h3-5H,1-2H3,(H2,20,21,22,23,24). The molecule has 3 aromatic rings. The molecule has 7 nitrogen and oxygen atoms in total. The van der Waals surface area contributed by atoms with Crippen LogP contribution in [0.2, 0.25) is 0 Å². The summed E-state index contributed by atoms with van der Waals surface area (Å²) >= 11 is 0. The fourth-order valence-electron chi connectivity index (χ4n) is 1.99. The number of carbonyl (C=O) groups is 1. The van der Waals surface area contributed by atoms with Crippen LogP contribution in [0.4, 0.5) is 19.1 Å². The van der Waals surface area contributed by atoms with Crippen LogP contribution in [-0.4, -0.2) is 31.1 Å². The van der Waals surface area contributed by atoms with Crippen LogP contribution in [0.5, 0.6) is 0 Å². The molecule has 0 saturated heterocycles. The Labute approximate surface area is 133 Å². The largest absolute Gasteiger partial charge is 0.451 e. The minimum Gasteiger partial charge on any atom is -0.289 e. The second-order valence-electron chi connectivity index (χ2n) is 5.06. The molecule has 0 spiro atoms. The third-order valence-corrected chi connectivity index (χ3v) is 3.32. The first-order valence-electron chi connectivity index (χ1n) is 6.80. The summed E-state index contributed by atoms with van der Waals surface area (Å²) in [7, 11) is 0. The summed E-state index contributed by atoms with van der Waals surface area (Å²) in [6.45, 7) is 3.62. The zero-order valence-corrected chi connectivity index (χ0v) is 12.6. The van der Waals surface area contributed by atoms with Crippen molar-refractivity contribution in [1.82, 2.24) is 25.1 Å². The Morgan fingerprint density at radius 3 is 2.38 bits per heavy atom. The predicted octanol–water partition coefficient (Wildman–Crippen LogP) is 2.64. The lowest BCUT2D eigenvalue weighted by molar-refractivity contribution is -0.144. The molecule has 1 amide bonds. The van der Waals surface area contributed by atoms with E-state index in [-0.39, 0.29) is 5.56 Å². The maximum atomic E-state index is 12.4. The number of hydrogen-bond donors (Lipinski definition) is 2. The highest BCUT2D eigenvalue weighted by molar-refractivity contribution is 6.05. The van der Waals surface area contributed by atoms with E-state index in [4.69, 9.17) is 0 Å². The van der Waals surface area contributed by atoms with Gasteiger partial charge in [-0.1, -0.05) is 0 Å². The molecule has 0 aliphatic carbocycles. The van der Waals surface area contributed by atoms with Crippen LogP contribution in [0, 0.1) is 13.8 Å². The molecule has 24 heavy (non-hydrogen) atoms. The van der Waals surface area contributed by atoms with Crippen molar-refractivity contribution in [2.45, 2.75) is 20.0 Å². The molecule has 0 aliphatic heterocycles. The van der Waals surface area contributed by atoms with E-state index in [0.29, 0.717) is 11.0 Å². The number of aromatic nitrogens is 5. The minimum absolute atomic E-state index is 0.207. The van der Waals surface area contributed by atoms with E-state index in [2.05, 4.69) is 25.4 Å². The van der Waals surface area contributed by atoms with E-state index in [1.807, 2.05) is 6.92 Å². The molecule has 0 radical (unpaired) electrons. The van der Waals surface area contributed by atoms with Crippen LogP contribution < -0.4 is 5.32 Å². The number of nitrogens with one attached hydrogen (secondary N) is 2. The lowest BCUT2D eigenvalue weighted by atomic mass is 10.1. The number of rotatable bonds is 2. The van der Waals surface area contributed by atoms with Gasteiger partial charge in [-0.15, -0.1) is 5.10 Å². The summed E-state index contributed by atoms with van der Waals surface area (Å²) in [4.78, 5) is 24.0. The monoisotopic (exact) mass is 336 g/mol. The Kier molecular flexibility index (Phi) is 3.66. The fraction of sp³-hybridized carbons (Fsp3) is 0.214. The summed E-state index contributed by atoms with van der Waals surface area (Å²) in [6, 6.07) is 4.61. The zero-order valence-electron chi connectivity index (χ0n) is 12.6. The van der Waals surface area contributed by atoms with Gasteiger partial charge < -0.3 is 0 Å². The van der Waals surface area contributed by atoms with Gasteiger partial charge in [0.25, 0.3) is 5.91 Å². The smallest absolute Gasteiger partial charge is 0.289 e. The van der Waals surface area contributed by atoms with Crippen molar-refractivity contribution in [3.63, 3.8) is 0 Å². The first-order chi connectivity index (χ1) is 11.2. The van der Waals surface area contributed by atoms with E-state index < -0.39 is 23.9 Å². The number of nitrogens with zero attached hydrogens (tertiary/aromatic N) is 4. The lowest BCUT2D eigenvalue weighted by Gasteiger charge is -2.05. The molecule has 0 fully saturated rings. The Hall–Kier alpha value is -3.04. The molecule has 2 aromatic heterocycles. The number of benzene rings is 1. The van der Waals surface area contributed by atoms with Gasteiger partial charge in [0, 0.05) is 5.56 Å². The highest BCUT2D eigenvalue weighted by atomic mass is 19.4. The van der Waals surface area contributed by atoms with Gasteiger partial charge in [0.1, 0.15) is 0 Å². The quantitative estimate of drug-likeness (QED) is 0.750. The molecular formula is C14H11F3N6O. The van der Waals surface area contributed by atoms with E-state index in [1.165, 1.54) is 12.1 Å². The Morgan fingerprint density at radius 1 is 1.08 bits per heavy atom. The van der Waals surface area contributed by atoms with Crippen molar-refractivity contribution in [3.05, 3.63) is 41.0 Å². The first kappa shape index (κ1) is 15.8. The van der Waals surface area contributed by atoms with Gasteiger partial charge in [0.05, 0.1) is 22.4 Å². The van der Waals surface area contributed by atoms with Crippen molar-refractivity contribution in [1.29, 1.82) is 0 Å². The molecule has 0 bridgehead atoms. The zero-order chi connectivity index (χ0) is 17.5. The Balaban J connectivity index is 1.86. The lowest BCUT2D eigenvalue weighted by Crippen LogP contribution is -2.13. The topological polar surface area (TPSA) is 96.5 Å². The maximum absolute atomic E-state index is 12.4. The van der Waals surface area contributed by atoms with Crippen LogP contribution in [0.1, 0.15) is 27.6 Å². The fourth-order valence-corrected chi connectivity index (χ4v) is 1.99. The number of carbonyl (C=O) groups excluding carboxylic acids is 1. The van der Waals surface area contributed by atoms with Crippen LogP contribution >= 0.6 is 0 Å². The molecule has 0 unspecified atom stereocenters. The molecule has 3 rings (SSSR count). The number of H-pyrrole nitrogens is 1. The van der Waals surface area contributed by atoms with Gasteiger partial charge >= 0.3 is 6.18 Å². The van der Waals surface area contributed by atoms with Gasteiger partial charge in [-0.3, -0.25) is 15.2 Å². The highest BCUT2D eigenvalue weighted by Crippen LogP contribution is 2.26. The molecule has 124 valence electrons. The minimum atomic E-state index is -4.66. The summed E-state index contributed by atoms with van der Waals surface area (Å²) in [5, 5.41) is 7.24. The van der Waals surface area contributed by atoms with E-state index in [1.54, 1.807) is 18.1 Å². The van der Waals surface area contributed by atoms with Gasteiger partial charge in [-0.25, -0.2) is 9.97 Å². The number of amides is 1. The SMILES string of the molecule is Cc1nc2ccc(C(=O)Nc3n[nH]c(C(F)(F)F)n3)cc2nc1C. The third-order valence-electron chi connectivity index (χ3n) is 3.32. The normalized spacial score (nSPS) is 11.7. The molecular weight excluding hydrogens is 325 g/mol. The van der Waals surface area contributed by atoms with Crippen LogP contribution in [0.3, 0.4) is 0 Å². The molecule has 10 heteroatoms. The molecule has 2 N–H and O–H groups in total. The number of hydrogen-bond acceptors (Lipinski definition) is 5. The predicted molar refractivity (Wildman–Crippen MR) is 78.3 cm³/mol. The molecule has 0 aliphatic rings. The van der Waals surface area contributed by atoms with Crippen molar-refractivity contribution in [3.8, 4) is 0 Å². The van der Waals surface area contributed by atoms with Crippen molar-refractivity contribution >= 4 is 22.9 Å². The second-order valence-corrected chi connectivity index (χ2v) is 5.06. The van der Waals surface area contributed by atoms with E-state index in [9.17, 15) is 18.0 Å². The van der Waals surface area contributed by atoms with Crippen molar-refractivity contribution in [2.75, 3.05) is 5.32 Å². The highest BCUT2D eigenvalue weighted by Gasteiger charge is 2.35. The number of aromatic amines is 1. The number of aryl methyl sites for hydroxylation is 2. The summed E-state index contributed by atoms with van der Waals surface area (Å²) in [5.41, 5.74) is 2.84. The van der Waals surface area contributed by atoms with Crippen LogP contribution in [-0.2, 0) is 6.18 Å². The molecule has 1 aromatic carbocycles. The third kappa shape index (κ3) is 3.03. The van der Waals surface area contributed by atoms with Gasteiger partial charge in [-0.2, -0.15) is 18.2 Å². The average molecular weight is 336 g/mol. The first-order valence-corrected chi connectivity index (χ1v) is 6.80. The summed E-state index contributed by atoms with van der Waals surface area (Å²) in [6.07, 6.45) is -4.66. The number of anilines is 1. The van der Waals surface area contributed by atoms with E-state index in [0.717, 1.165) is 11.4 Å². The molecule has 0 saturated carbocycles. The molecule has 2 heterocycles. The van der Waals surface area contributed by atoms with Crippen LogP contribution in [0.15, 0.2) is 18.2 Å². The van der Waals surface area contributed by atoms with Crippen molar-refractivity contribution < 1.29 is 18.0 Å². The maximum Gasteiger partial charge on any atom is 0.451 e.